The van der Waals surface area contributed by atoms with Crippen LogP contribution >= 0.6 is 0 Å². The fourth-order valence-corrected chi connectivity index (χ4v) is 3.26. The number of carbonyl (C=O) groups is 2. The van der Waals surface area contributed by atoms with Gasteiger partial charge in [-0.05, 0) is 56.2 Å². The number of hydrogen-bond acceptors (Lipinski definition) is 4. The van der Waals surface area contributed by atoms with Crippen molar-refractivity contribution >= 4 is 28.9 Å². The molecule has 27 heavy (non-hydrogen) atoms. The van der Waals surface area contributed by atoms with Gasteiger partial charge in [-0.1, -0.05) is 12.1 Å². The van der Waals surface area contributed by atoms with E-state index in [9.17, 15) is 9.59 Å². The summed E-state index contributed by atoms with van der Waals surface area (Å²) in [5, 5.41) is 6.09. The van der Waals surface area contributed by atoms with E-state index in [-0.39, 0.29) is 11.8 Å². The van der Waals surface area contributed by atoms with Crippen LogP contribution in [0.25, 0.3) is 0 Å². The van der Waals surface area contributed by atoms with Gasteiger partial charge in [0, 0.05) is 24.3 Å². The summed E-state index contributed by atoms with van der Waals surface area (Å²) in [5.74, 6) is 0.632. The van der Waals surface area contributed by atoms with Gasteiger partial charge in [-0.3, -0.25) is 9.59 Å². The Morgan fingerprint density at radius 2 is 2.00 bits per heavy atom. The molecule has 0 unspecified atom stereocenters. The number of anilines is 3. The minimum absolute atomic E-state index is 0.157. The topological polar surface area (TPSA) is 70.7 Å². The minimum Gasteiger partial charge on any atom is -0.495 e. The molecular weight excluding hydrogens is 342 g/mol. The third kappa shape index (κ3) is 4.22. The minimum atomic E-state index is -0.436. The largest absolute Gasteiger partial charge is 0.495 e. The number of aryl methyl sites for hydroxylation is 1. The van der Waals surface area contributed by atoms with Crippen molar-refractivity contribution in [1.82, 2.24) is 0 Å². The Hall–Kier alpha value is -3.02. The molecule has 2 aromatic carbocycles. The second kappa shape index (κ2) is 8.12. The lowest BCUT2D eigenvalue weighted by Gasteiger charge is -2.21. The zero-order valence-electron chi connectivity index (χ0n) is 15.9. The van der Waals surface area contributed by atoms with Crippen molar-refractivity contribution in [2.24, 2.45) is 0 Å². The van der Waals surface area contributed by atoms with E-state index in [1.54, 1.807) is 26.2 Å². The summed E-state index contributed by atoms with van der Waals surface area (Å²) in [6.07, 6.45) is 1.51. The summed E-state index contributed by atoms with van der Waals surface area (Å²) in [6.45, 7) is 4.55. The molecule has 1 aliphatic rings. The molecule has 1 atom stereocenters. The number of benzene rings is 2. The highest BCUT2D eigenvalue weighted by atomic mass is 16.5. The van der Waals surface area contributed by atoms with Crippen LogP contribution < -0.4 is 20.3 Å². The maximum absolute atomic E-state index is 12.5. The van der Waals surface area contributed by atoms with E-state index in [2.05, 4.69) is 10.6 Å². The predicted octanol–water partition coefficient (Wildman–Crippen LogP) is 3.57. The Morgan fingerprint density at radius 1 is 1.22 bits per heavy atom. The summed E-state index contributed by atoms with van der Waals surface area (Å²) in [5.41, 5.74) is 3.42. The molecule has 1 saturated heterocycles. The number of rotatable bonds is 6. The van der Waals surface area contributed by atoms with E-state index < -0.39 is 6.04 Å². The average molecular weight is 367 g/mol. The molecule has 0 bridgehead atoms. The summed E-state index contributed by atoms with van der Waals surface area (Å²) in [4.78, 5) is 26.3. The van der Waals surface area contributed by atoms with Crippen LogP contribution in [0.15, 0.2) is 42.5 Å². The van der Waals surface area contributed by atoms with Crippen molar-refractivity contribution < 1.29 is 14.3 Å². The van der Waals surface area contributed by atoms with Crippen molar-refractivity contribution in [3.8, 4) is 5.75 Å². The first kappa shape index (κ1) is 18.8. The molecule has 1 aliphatic heterocycles. The zero-order valence-corrected chi connectivity index (χ0v) is 15.9. The fourth-order valence-electron chi connectivity index (χ4n) is 3.26. The van der Waals surface area contributed by atoms with Gasteiger partial charge in [0.05, 0.1) is 12.8 Å². The summed E-state index contributed by atoms with van der Waals surface area (Å²) in [7, 11) is 1.57. The van der Waals surface area contributed by atoms with Crippen LogP contribution in [-0.4, -0.2) is 31.5 Å². The van der Waals surface area contributed by atoms with Gasteiger partial charge in [-0.25, -0.2) is 0 Å². The Morgan fingerprint density at radius 3 is 2.67 bits per heavy atom. The lowest BCUT2D eigenvalue weighted by molar-refractivity contribution is -0.117. The Kier molecular flexibility index (Phi) is 5.64. The number of methoxy groups -OCH3 is 1. The van der Waals surface area contributed by atoms with Crippen LogP contribution in [0.4, 0.5) is 17.1 Å². The van der Waals surface area contributed by atoms with Crippen LogP contribution in [0.1, 0.15) is 25.3 Å². The molecule has 0 aromatic heterocycles. The Balaban J connectivity index is 1.66. The predicted molar refractivity (Wildman–Crippen MR) is 107 cm³/mol. The fraction of sp³-hybridized carbons (Fsp3) is 0.333. The maximum Gasteiger partial charge on any atom is 0.246 e. The summed E-state index contributed by atoms with van der Waals surface area (Å²) < 4.78 is 5.26. The maximum atomic E-state index is 12.5. The van der Waals surface area contributed by atoms with Gasteiger partial charge in [-0.15, -0.1) is 0 Å². The first-order chi connectivity index (χ1) is 13.0. The van der Waals surface area contributed by atoms with Gasteiger partial charge in [0.15, 0.2) is 0 Å². The quantitative estimate of drug-likeness (QED) is 0.819. The van der Waals surface area contributed by atoms with Gasteiger partial charge in [0.25, 0.3) is 0 Å². The first-order valence-electron chi connectivity index (χ1n) is 9.11. The third-order valence-corrected chi connectivity index (χ3v) is 4.70. The SMILES string of the molecule is COc1ccccc1NC(=O)[C@H](C)Nc1ccc(N2CCCC2=O)c(C)c1. The number of amides is 2. The van der Waals surface area contributed by atoms with Gasteiger partial charge in [-0.2, -0.15) is 0 Å². The molecule has 6 nitrogen and oxygen atoms in total. The highest BCUT2D eigenvalue weighted by Crippen LogP contribution is 2.28. The van der Waals surface area contributed by atoms with Crippen molar-refractivity contribution in [1.29, 1.82) is 0 Å². The van der Waals surface area contributed by atoms with E-state index >= 15 is 0 Å². The molecule has 2 amide bonds. The molecule has 1 fully saturated rings. The van der Waals surface area contributed by atoms with E-state index in [0.29, 0.717) is 17.9 Å². The highest BCUT2D eigenvalue weighted by molar-refractivity contribution is 5.98. The lowest BCUT2D eigenvalue weighted by Crippen LogP contribution is -2.32. The van der Waals surface area contributed by atoms with Crippen LogP contribution in [0.5, 0.6) is 5.75 Å². The van der Waals surface area contributed by atoms with Gasteiger partial charge in [0.2, 0.25) is 11.8 Å². The van der Waals surface area contributed by atoms with Gasteiger partial charge >= 0.3 is 0 Å². The standard InChI is InChI=1S/C21H25N3O3/c1-14-13-16(10-11-18(14)24-12-6-9-20(24)25)22-15(2)21(26)23-17-7-4-5-8-19(17)27-3/h4-5,7-8,10-11,13,15,22H,6,9,12H2,1-3H3,(H,23,26)/t15-/m0/s1. The number of ether oxygens (including phenoxy) is 1. The lowest BCUT2D eigenvalue weighted by atomic mass is 10.1. The number of nitrogens with one attached hydrogen (secondary N) is 2. The molecule has 3 rings (SSSR count). The van der Waals surface area contributed by atoms with Crippen molar-refractivity contribution in [2.45, 2.75) is 32.7 Å². The van der Waals surface area contributed by atoms with Crippen LogP contribution in [0.2, 0.25) is 0 Å². The van der Waals surface area contributed by atoms with Crippen molar-refractivity contribution in [3.63, 3.8) is 0 Å². The first-order valence-corrected chi connectivity index (χ1v) is 9.11. The molecule has 0 radical (unpaired) electrons. The molecule has 2 N–H and O–H groups in total. The van der Waals surface area contributed by atoms with Crippen LogP contribution in [0, 0.1) is 6.92 Å². The second-order valence-corrected chi connectivity index (χ2v) is 6.71. The molecule has 142 valence electrons. The van der Waals surface area contributed by atoms with Gasteiger partial charge < -0.3 is 20.3 Å². The van der Waals surface area contributed by atoms with E-state index in [1.807, 2.05) is 42.2 Å². The van der Waals surface area contributed by atoms with Crippen molar-refractivity contribution in [3.05, 3.63) is 48.0 Å². The number of hydrogen-bond donors (Lipinski definition) is 2. The average Bonchev–Trinajstić information content (AvgIpc) is 3.08. The molecule has 2 aromatic rings. The molecular formula is C21H25N3O3. The normalized spacial score (nSPS) is 14.8. The molecule has 6 heteroatoms. The number of nitrogens with zero attached hydrogens (tertiary/aromatic N) is 1. The molecule has 1 heterocycles. The smallest absolute Gasteiger partial charge is 0.246 e. The highest BCUT2D eigenvalue weighted by Gasteiger charge is 2.23. The second-order valence-electron chi connectivity index (χ2n) is 6.71. The van der Waals surface area contributed by atoms with E-state index in [1.165, 1.54) is 0 Å². The Labute approximate surface area is 159 Å². The van der Waals surface area contributed by atoms with Gasteiger partial charge in [0.1, 0.15) is 11.8 Å². The molecule has 0 spiro atoms. The number of para-hydroxylation sites is 2. The third-order valence-electron chi connectivity index (χ3n) is 4.70. The number of carbonyl (C=O) groups excluding carboxylic acids is 2. The summed E-state index contributed by atoms with van der Waals surface area (Å²) in [6, 6.07) is 12.7. The zero-order chi connectivity index (χ0) is 19.4. The van der Waals surface area contributed by atoms with Crippen molar-refractivity contribution in [2.75, 3.05) is 29.2 Å². The molecule has 0 aliphatic carbocycles. The van der Waals surface area contributed by atoms with E-state index in [0.717, 1.165) is 29.9 Å². The summed E-state index contributed by atoms with van der Waals surface area (Å²) >= 11 is 0. The van der Waals surface area contributed by atoms with Crippen LogP contribution in [0.3, 0.4) is 0 Å². The van der Waals surface area contributed by atoms with Crippen LogP contribution in [-0.2, 0) is 9.59 Å². The van der Waals surface area contributed by atoms with E-state index in [4.69, 9.17) is 4.74 Å². The molecule has 0 saturated carbocycles. The Bertz CT molecular complexity index is 850. The monoisotopic (exact) mass is 367 g/mol.